The Labute approximate surface area is 119 Å². The van der Waals surface area contributed by atoms with Crippen LogP contribution in [-0.4, -0.2) is 17.7 Å². The molecular weight excluding hydrogens is 211 g/mol. The van der Waals surface area contributed by atoms with Gasteiger partial charge in [-0.25, -0.2) is 0 Å². The summed E-state index contributed by atoms with van der Waals surface area (Å²) in [7, 11) is 0. The van der Waals surface area contributed by atoms with Gasteiger partial charge in [-0.15, -0.1) is 0 Å². The Balaban J connectivity index is 2.22. The third-order valence-electron chi connectivity index (χ3n) is 4.08. The maximum absolute atomic E-state index is 2.32. The minimum absolute atomic E-state index is 0.230. The number of benzene rings is 2. The molecule has 0 nitrogen and oxygen atoms in total. The summed E-state index contributed by atoms with van der Waals surface area (Å²) in [5.74, 6) is 0. The molecule has 0 spiro atoms. The molecule has 1 aliphatic rings. The zero-order valence-electron chi connectivity index (χ0n) is 11.7. The summed E-state index contributed by atoms with van der Waals surface area (Å²) in [5.41, 5.74) is 7.58. The summed E-state index contributed by atoms with van der Waals surface area (Å²) in [4.78, 5) is 0. The van der Waals surface area contributed by atoms with Crippen LogP contribution >= 0.6 is 0 Å². The van der Waals surface area contributed by atoms with Crippen molar-refractivity contribution in [1.29, 1.82) is 0 Å². The van der Waals surface area contributed by atoms with Crippen molar-refractivity contribution in [2.24, 2.45) is 0 Å². The van der Waals surface area contributed by atoms with Crippen molar-refractivity contribution in [3.8, 4) is 11.1 Å². The first-order chi connectivity index (χ1) is 8.48. The first kappa shape index (κ1) is 12.1. The molecule has 0 N–H and O–H groups in total. The molecule has 1 heteroatoms. The zero-order chi connectivity index (χ0) is 12.9. The first-order valence-electron chi connectivity index (χ1n) is 6.70. The van der Waals surface area contributed by atoms with Crippen LogP contribution < -0.4 is 4.24 Å². The summed E-state index contributed by atoms with van der Waals surface area (Å²) in [6, 6.07) is 13.4. The summed E-state index contributed by atoms with van der Waals surface area (Å²) in [6.45, 7) is 6.89. The molecule has 0 fully saturated rings. The van der Waals surface area contributed by atoms with Crippen LogP contribution in [0.4, 0.5) is 0 Å². The monoisotopic (exact) mass is 228 g/mol. The molecule has 2 aromatic carbocycles. The Hall–Kier alpha value is -0.963. The van der Waals surface area contributed by atoms with E-state index in [1.54, 1.807) is 0 Å². The molecule has 0 atom stereocenters. The van der Waals surface area contributed by atoms with E-state index in [1.165, 1.54) is 32.1 Å². The average Bonchev–Trinajstić information content (AvgIpc) is 2.68. The number of fused-ring (bicyclic) bond motifs is 3. The van der Waals surface area contributed by atoms with Gasteiger partial charge in [0.1, 0.15) is 0 Å². The summed E-state index contributed by atoms with van der Waals surface area (Å²) in [5, 5.41) is 0. The number of hydrogen-bond donors (Lipinski definition) is 0. The average molecular weight is 228 g/mol. The van der Waals surface area contributed by atoms with Crippen LogP contribution in [0, 0.1) is 0 Å². The number of hydrogen-bond acceptors (Lipinski definition) is 0. The minimum atomic E-state index is 0.230. The van der Waals surface area contributed by atoms with Crippen LogP contribution in [-0.2, 0) is 11.8 Å². The predicted molar refractivity (Wildman–Crippen MR) is 78.8 cm³/mol. The summed E-state index contributed by atoms with van der Waals surface area (Å²) < 4.78 is 1.48. The van der Waals surface area contributed by atoms with Gasteiger partial charge in [0.15, 0.2) is 0 Å². The van der Waals surface area contributed by atoms with Gasteiger partial charge in [-0.2, -0.15) is 0 Å². The van der Waals surface area contributed by atoms with Gasteiger partial charge in [0.25, 0.3) is 0 Å². The molecule has 0 saturated carbocycles. The van der Waals surface area contributed by atoms with Gasteiger partial charge in [0, 0.05) is 0 Å². The van der Waals surface area contributed by atoms with Gasteiger partial charge < -0.3 is 0 Å². The van der Waals surface area contributed by atoms with E-state index in [4.69, 9.17) is 0 Å². The first-order valence-corrected chi connectivity index (χ1v) is 6.70. The van der Waals surface area contributed by atoms with E-state index in [9.17, 15) is 0 Å². The van der Waals surface area contributed by atoms with Crippen LogP contribution in [0.3, 0.4) is 0 Å². The zero-order valence-corrected chi connectivity index (χ0v) is 11.7. The van der Waals surface area contributed by atoms with E-state index in [0.29, 0.717) is 0 Å². The Bertz CT molecular complexity index is 618. The topological polar surface area (TPSA) is 0 Å². The molecule has 1 aliphatic carbocycles. The van der Waals surface area contributed by atoms with Crippen molar-refractivity contribution < 1.29 is 0 Å². The van der Waals surface area contributed by atoms with Gasteiger partial charge in [-0.1, -0.05) is 0 Å². The molecule has 18 heavy (non-hydrogen) atoms. The molecule has 0 bridgehead atoms. The molecular formula is C17H17Li. The molecule has 0 amide bonds. The molecule has 0 unspecified atom stereocenters. The van der Waals surface area contributed by atoms with Crippen molar-refractivity contribution >= 4 is 22.0 Å². The predicted octanol–water partition coefficient (Wildman–Crippen LogP) is 3.35. The van der Waals surface area contributed by atoms with Crippen LogP contribution in [0.5, 0.6) is 0 Å². The van der Waals surface area contributed by atoms with E-state index in [2.05, 4.69) is 74.9 Å². The van der Waals surface area contributed by atoms with Gasteiger partial charge in [0.2, 0.25) is 0 Å². The third kappa shape index (κ3) is 1.76. The van der Waals surface area contributed by atoms with E-state index >= 15 is 0 Å². The second-order valence-electron chi connectivity index (χ2n) is 6.35. The van der Waals surface area contributed by atoms with Crippen LogP contribution in [0.1, 0.15) is 37.5 Å². The molecule has 0 radical (unpaired) electrons. The second-order valence-corrected chi connectivity index (χ2v) is 6.35. The molecule has 0 aromatic heterocycles. The third-order valence-corrected chi connectivity index (χ3v) is 4.08. The molecule has 2 aromatic rings. The van der Waals surface area contributed by atoms with Crippen molar-refractivity contribution in [3.63, 3.8) is 0 Å². The molecule has 3 rings (SSSR count). The quantitative estimate of drug-likeness (QED) is 0.518. The van der Waals surface area contributed by atoms with Crippen molar-refractivity contribution in [3.05, 3.63) is 53.1 Å². The van der Waals surface area contributed by atoms with Crippen LogP contribution in [0.2, 0.25) is 0 Å². The van der Waals surface area contributed by atoms with Gasteiger partial charge >= 0.3 is 119 Å². The fourth-order valence-electron chi connectivity index (χ4n) is 3.18. The van der Waals surface area contributed by atoms with Crippen LogP contribution in [0.15, 0.2) is 36.4 Å². The standard InChI is InChI=1S/C17H17.Li/c1-17(2,3)14-8-9-16-13(11-14)10-12-6-4-5-7-15(12)16;/h4-9H,10H2,1-3H3;. The van der Waals surface area contributed by atoms with E-state index in [0.717, 1.165) is 6.42 Å². The van der Waals surface area contributed by atoms with Crippen molar-refractivity contribution in [2.45, 2.75) is 32.6 Å². The van der Waals surface area contributed by atoms with E-state index in [-0.39, 0.29) is 5.41 Å². The molecule has 86 valence electrons. The second kappa shape index (κ2) is 4.02. The summed E-state index contributed by atoms with van der Waals surface area (Å²) >= 11 is 2.28. The Morgan fingerprint density at radius 3 is 2.39 bits per heavy atom. The number of rotatable bonds is 0. The normalized spacial score (nSPS) is 13.4. The molecule has 0 aliphatic heterocycles. The van der Waals surface area contributed by atoms with Gasteiger partial charge in [-0.05, 0) is 0 Å². The van der Waals surface area contributed by atoms with E-state index in [1.807, 2.05) is 0 Å². The van der Waals surface area contributed by atoms with Crippen molar-refractivity contribution in [2.75, 3.05) is 0 Å². The van der Waals surface area contributed by atoms with Crippen molar-refractivity contribution in [1.82, 2.24) is 0 Å². The van der Waals surface area contributed by atoms with Gasteiger partial charge in [-0.3, -0.25) is 0 Å². The Morgan fingerprint density at radius 1 is 0.944 bits per heavy atom. The Morgan fingerprint density at radius 2 is 1.67 bits per heavy atom. The fourth-order valence-corrected chi connectivity index (χ4v) is 3.18. The molecule has 0 heterocycles. The Kier molecular flexibility index (Phi) is 2.70. The maximum atomic E-state index is 2.32. The fraction of sp³-hybridized carbons (Fsp3) is 0.294. The SMILES string of the molecule is [Li][c]1c(C(C)(C)C)ccc2c1Cc1ccccc1-2. The molecule has 0 saturated heterocycles. The van der Waals surface area contributed by atoms with Gasteiger partial charge in [0.05, 0.1) is 0 Å². The van der Waals surface area contributed by atoms with E-state index < -0.39 is 0 Å². The summed E-state index contributed by atoms with van der Waals surface area (Å²) in [6.07, 6.45) is 1.10. The van der Waals surface area contributed by atoms with Crippen LogP contribution in [0.25, 0.3) is 11.1 Å².